The van der Waals surface area contributed by atoms with E-state index >= 15 is 0 Å². The van der Waals surface area contributed by atoms with Gasteiger partial charge in [0.1, 0.15) is 10.7 Å². The lowest BCUT2D eigenvalue weighted by Gasteiger charge is -2.05. The van der Waals surface area contributed by atoms with Gasteiger partial charge in [0.2, 0.25) is 0 Å². The molecule has 4 nitrogen and oxygen atoms in total. The Morgan fingerprint density at radius 1 is 1.30 bits per heavy atom. The summed E-state index contributed by atoms with van der Waals surface area (Å²) < 4.78 is 2.06. The number of nitrogens with one attached hydrogen (secondary N) is 1. The van der Waals surface area contributed by atoms with Gasteiger partial charge in [0, 0.05) is 29.7 Å². The minimum absolute atomic E-state index is 0.196. The molecule has 3 rings (SSSR count). The third-order valence-corrected chi connectivity index (χ3v) is 4.96. The molecule has 0 spiro atoms. The highest BCUT2D eigenvalue weighted by atomic mass is 35.5. The highest BCUT2D eigenvalue weighted by Crippen LogP contribution is 2.25. The molecule has 0 aliphatic heterocycles. The van der Waals surface area contributed by atoms with Gasteiger partial charge in [-0.05, 0) is 30.7 Å². The van der Waals surface area contributed by atoms with Crippen molar-refractivity contribution in [3.8, 4) is 10.7 Å². The van der Waals surface area contributed by atoms with E-state index in [4.69, 9.17) is 11.6 Å². The van der Waals surface area contributed by atoms with Crippen LogP contribution in [-0.2, 0) is 13.6 Å². The third-order valence-electron chi connectivity index (χ3n) is 3.73. The number of carbonyl (C=O) groups excluding carboxylic acids is 1. The molecule has 0 aliphatic carbocycles. The number of carbonyl (C=O) groups is 1. The molecule has 23 heavy (non-hydrogen) atoms. The molecule has 0 fully saturated rings. The van der Waals surface area contributed by atoms with E-state index in [1.165, 1.54) is 11.3 Å². The smallest absolute Gasteiger partial charge is 0.271 e. The minimum atomic E-state index is -0.196. The van der Waals surface area contributed by atoms with Crippen LogP contribution in [0.15, 0.2) is 41.8 Å². The first-order valence-corrected chi connectivity index (χ1v) is 8.42. The summed E-state index contributed by atoms with van der Waals surface area (Å²) in [6.45, 7) is 2.42. The summed E-state index contributed by atoms with van der Waals surface area (Å²) in [5.41, 5.74) is 3.48. The Hall–Kier alpha value is -2.11. The van der Waals surface area contributed by atoms with E-state index in [9.17, 15) is 4.79 Å². The van der Waals surface area contributed by atoms with Crippen molar-refractivity contribution in [2.24, 2.45) is 7.05 Å². The number of halogens is 1. The van der Waals surface area contributed by atoms with Crippen molar-refractivity contribution in [1.29, 1.82) is 0 Å². The molecule has 6 heteroatoms. The van der Waals surface area contributed by atoms with Crippen molar-refractivity contribution in [1.82, 2.24) is 14.9 Å². The summed E-state index contributed by atoms with van der Waals surface area (Å²) in [6.07, 6.45) is 0. The SMILES string of the molecule is Cc1ccc(-c2nc(C(=O)NCc3ccccc3Cl)cs2)n1C. The quantitative estimate of drug-likeness (QED) is 0.775. The number of amides is 1. The molecule has 1 N–H and O–H groups in total. The fraction of sp³-hybridized carbons (Fsp3) is 0.176. The number of hydrogen-bond acceptors (Lipinski definition) is 3. The summed E-state index contributed by atoms with van der Waals surface area (Å²) in [5, 5.41) is 6.11. The molecule has 0 saturated carbocycles. The van der Waals surface area contributed by atoms with Crippen LogP contribution in [0.5, 0.6) is 0 Å². The molecule has 1 amide bonds. The van der Waals surface area contributed by atoms with E-state index < -0.39 is 0 Å². The summed E-state index contributed by atoms with van der Waals surface area (Å²) in [5.74, 6) is -0.196. The van der Waals surface area contributed by atoms with Gasteiger partial charge in [0.15, 0.2) is 0 Å². The molecular formula is C17H16ClN3OS. The second-order valence-corrected chi connectivity index (χ2v) is 6.50. The first kappa shape index (κ1) is 15.8. The second kappa shape index (κ2) is 6.56. The number of benzene rings is 1. The molecule has 118 valence electrons. The van der Waals surface area contributed by atoms with Gasteiger partial charge in [0.05, 0.1) is 5.69 Å². The summed E-state index contributed by atoms with van der Waals surface area (Å²) in [4.78, 5) is 16.7. The topological polar surface area (TPSA) is 46.9 Å². The van der Waals surface area contributed by atoms with Gasteiger partial charge in [-0.3, -0.25) is 4.79 Å². The molecule has 0 radical (unpaired) electrons. The van der Waals surface area contributed by atoms with Crippen molar-refractivity contribution < 1.29 is 4.79 Å². The van der Waals surface area contributed by atoms with Gasteiger partial charge in [-0.2, -0.15) is 0 Å². The molecule has 0 aliphatic rings. The largest absolute Gasteiger partial charge is 0.347 e. The Kier molecular flexibility index (Phi) is 4.50. The molecular weight excluding hydrogens is 330 g/mol. The maximum atomic E-state index is 12.2. The number of hydrogen-bond donors (Lipinski definition) is 1. The van der Waals surface area contributed by atoms with E-state index in [1.54, 1.807) is 5.38 Å². The van der Waals surface area contributed by atoms with Crippen LogP contribution in [0.25, 0.3) is 10.7 Å². The molecule has 0 atom stereocenters. The fourth-order valence-corrected chi connectivity index (χ4v) is 3.29. The Morgan fingerprint density at radius 2 is 2.09 bits per heavy atom. The summed E-state index contributed by atoms with van der Waals surface area (Å²) >= 11 is 7.55. The van der Waals surface area contributed by atoms with E-state index in [1.807, 2.05) is 50.4 Å². The van der Waals surface area contributed by atoms with Crippen LogP contribution in [0.1, 0.15) is 21.7 Å². The molecule has 0 unspecified atom stereocenters. The van der Waals surface area contributed by atoms with E-state index in [2.05, 4.69) is 14.9 Å². The van der Waals surface area contributed by atoms with Crippen molar-refractivity contribution in [2.75, 3.05) is 0 Å². The third kappa shape index (κ3) is 3.30. The standard InChI is InChI=1S/C17H16ClN3OS/c1-11-7-8-15(21(11)2)17-20-14(10-23-17)16(22)19-9-12-5-3-4-6-13(12)18/h3-8,10H,9H2,1-2H3,(H,19,22). The maximum absolute atomic E-state index is 12.2. The molecule has 2 heterocycles. The number of thiazole rings is 1. The van der Waals surface area contributed by atoms with Crippen LogP contribution in [-0.4, -0.2) is 15.5 Å². The average Bonchev–Trinajstić information content (AvgIpc) is 3.14. The predicted octanol–water partition coefficient (Wildman–Crippen LogP) is 4.04. The highest BCUT2D eigenvalue weighted by molar-refractivity contribution is 7.13. The summed E-state index contributed by atoms with van der Waals surface area (Å²) in [6, 6.07) is 11.5. The Bertz CT molecular complexity index is 853. The zero-order valence-electron chi connectivity index (χ0n) is 12.8. The van der Waals surface area contributed by atoms with Crippen molar-refractivity contribution in [2.45, 2.75) is 13.5 Å². The molecule has 3 aromatic rings. The van der Waals surface area contributed by atoms with Crippen LogP contribution in [0.2, 0.25) is 5.02 Å². The lowest BCUT2D eigenvalue weighted by Crippen LogP contribution is -2.23. The zero-order valence-corrected chi connectivity index (χ0v) is 14.4. The summed E-state index contributed by atoms with van der Waals surface area (Å²) in [7, 11) is 1.99. The van der Waals surface area contributed by atoms with Gasteiger partial charge < -0.3 is 9.88 Å². The van der Waals surface area contributed by atoms with Crippen LogP contribution < -0.4 is 5.32 Å². The lowest BCUT2D eigenvalue weighted by molar-refractivity contribution is 0.0946. The fourth-order valence-electron chi connectivity index (χ4n) is 2.23. The maximum Gasteiger partial charge on any atom is 0.271 e. The second-order valence-electron chi connectivity index (χ2n) is 5.23. The number of aromatic nitrogens is 2. The van der Waals surface area contributed by atoms with E-state index in [0.29, 0.717) is 17.3 Å². The van der Waals surface area contributed by atoms with Crippen LogP contribution in [0, 0.1) is 6.92 Å². The Morgan fingerprint density at radius 3 is 2.78 bits per heavy atom. The van der Waals surface area contributed by atoms with E-state index in [0.717, 1.165) is 22.0 Å². The first-order chi connectivity index (χ1) is 11.1. The molecule has 2 aromatic heterocycles. The van der Waals surface area contributed by atoms with Gasteiger partial charge in [0.25, 0.3) is 5.91 Å². The van der Waals surface area contributed by atoms with Crippen molar-refractivity contribution in [3.63, 3.8) is 0 Å². The normalized spacial score (nSPS) is 10.7. The predicted molar refractivity (Wildman–Crippen MR) is 93.9 cm³/mol. The first-order valence-electron chi connectivity index (χ1n) is 7.16. The molecule has 0 saturated heterocycles. The van der Waals surface area contributed by atoms with Crippen LogP contribution in [0.3, 0.4) is 0 Å². The number of aryl methyl sites for hydroxylation is 1. The van der Waals surface area contributed by atoms with Gasteiger partial charge >= 0.3 is 0 Å². The minimum Gasteiger partial charge on any atom is -0.347 e. The number of nitrogens with zero attached hydrogens (tertiary/aromatic N) is 2. The Balaban J connectivity index is 1.72. The average molecular weight is 346 g/mol. The monoisotopic (exact) mass is 345 g/mol. The molecule has 1 aromatic carbocycles. The van der Waals surface area contributed by atoms with Crippen LogP contribution >= 0.6 is 22.9 Å². The number of rotatable bonds is 4. The highest BCUT2D eigenvalue weighted by Gasteiger charge is 2.14. The van der Waals surface area contributed by atoms with Crippen molar-refractivity contribution >= 4 is 28.8 Å². The van der Waals surface area contributed by atoms with Gasteiger partial charge in [-0.1, -0.05) is 29.8 Å². The van der Waals surface area contributed by atoms with Crippen LogP contribution in [0.4, 0.5) is 0 Å². The van der Waals surface area contributed by atoms with Crippen molar-refractivity contribution in [3.05, 3.63) is 63.8 Å². The zero-order chi connectivity index (χ0) is 16.4. The van der Waals surface area contributed by atoms with E-state index in [-0.39, 0.29) is 5.91 Å². The Labute approximate surface area is 143 Å². The molecule has 0 bridgehead atoms. The lowest BCUT2D eigenvalue weighted by atomic mass is 10.2. The van der Waals surface area contributed by atoms with Gasteiger partial charge in [-0.25, -0.2) is 4.98 Å². The van der Waals surface area contributed by atoms with Gasteiger partial charge in [-0.15, -0.1) is 11.3 Å².